The molecule has 0 aliphatic carbocycles. The lowest BCUT2D eigenvalue weighted by Gasteiger charge is -2.11. The van der Waals surface area contributed by atoms with Crippen LogP contribution in [-0.2, 0) is 11.2 Å². The van der Waals surface area contributed by atoms with Crippen LogP contribution in [0.1, 0.15) is 5.69 Å². The highest BCUT2D eigenvalue weighted by Gasteiger charge is 2.12. The molecule has 0 saturated heterocycles. The predicted molar refractivity (Wildman–Crippen MR) is 101 cm³/mol. The van der Waals surface area contributed by atoms with E-state index in [1.54, 1.807) is 18.7 Å². The molecular formula is C19H15N5OS. The molecule has 1 N–H and O–H groups in total. The average Bonchev–Trinajstić information content (AvgIpc) is 3.35. The Kier molecular flexibility index (Phi) is 4.53. The van der Waals surface area contributed by atoms with Crippen molar-refractivity contribution < 1.29 is 4.79 Å². The zero-order valence-corrected chi connectivity index (χ0v) is 14.6. The monoisotopic (exact) mass is 361 g/mol. The fourth-order valence-electron chi connectivity index (χ4n) is 2.56. The Balaban J connectivity index is 1.48. The van der Waals surface area contributed by atoms with Crippen LogP contribution < -0.4 is 5.32 Å². The number of carbonyl (C=O) groups excluding carboxylic acids is 1. The van der Waals surface area contributed by atoms with E-state index < -0.39 is 0 Å². The summed E-state index contributed by atoms with van der Waals surface area (Å²) in [5.74, 6) is -0.115. The first-order chi connectivity index (χ1) is 12.8. The van der Waals surface area contributed by atoms with Crippen LogP contribution in [0.5, 0.6) is 0 Å². The summed E-state index contributed by atoms with van der Waals surface area (Å²) in [6.07, 6.45) is 7.18. The van der Waals surface area contributed by atoms with Crippen molar-refractivity contribution in [2.24, 2.45) is 0 Å². The molecule has 0 radical (unpaired) electrons. The van der Waals surface area contributed by atoms with Crippen molar-refractivity contribution in [3.63, 3.8) is 0 Å². The van der Waals surface area contributed by atoms with Gasteiger partial charge in [-0.2, -0.15) is 0 Å². The molecule has 0 unspecified atom stereocenters. The second-order valence-corrected chi connectivity index (χ2v) is 6.43. The molecule has 7 heteroatoms. The van der Waals surface area contributed by atoms with Crippen LogP contribution in [0.3, 0.4) is 0 Å². The van der Waals surface area contributed by atoms with Gasteiger partial charge in [0.2, 0.25) is 5.91 Å². The molecule has 1 aromatic carbocycles. The van der Waals surface area contributed by atoms with E-state index in [4.69, 9.17) is 0 Å². The highest BCUT2D eigenvalue weighted by atomic mass is 32.1. The summed E-state index contributed by atoms with van der Waals surface area (Å²) in [5.41, 5.74) is 3.14. The van der Waals surface area contributed by atoms with Crippen molar-refractivity contribution in [1.29, 1.82) is 0 Å². The summed E-state index contributed by atoms with van der Waals surface area (Å²) in [6, 6.07) is 13.3. The van der Waals surface area contributed by atoms with Crippen LogP contribution in [0.2, 0.25) is 0 Å². The van der Waals surface area contributed by atoms with Gasteiger partial charge in [0.15, 0.2) is 0 Å². The molecule has 26 heavy (non-hydrogen) atoms. The summed E-state index contributed by atoms with van der Waals surface area (Å²) in [7, 11) is 0. The molecular weight excluding hydrogens is 346 g/mol. The molecule has 6 nitrogen and oxygen atoms in total. The third kappa shape index (κ3) is 3.52. The van der Waals surface area contributed by atoms with E-state index in [0.717, 1.165) is 27.8 Å². The van der Waals surface area contributed by atoms with Crippen molar-refractivity contribution in [2.75, 3.05) is 5.32 Å². The molecule has 0 spiro atoms. The zero-order valence-electron chi connectivity index (χ0n) is 13.7. The SMILES string of the molecule is O=C(Cc1csc(-c2ccccn2)n1)Nc1ccccc1-n1ccnc1. The highest BCUT2D eigenvalue weighted by Crippen LogP contribution is 2.23. The zero-order chi connectivity index (χ0) is 17.8. The van der Waals surface area contributed by atoms with E-state index in [0.29, 0.717) is 0 Å². The number of nitrogens with zero attached hydrogens (tertiary/aromatic N) is 4. The first-order valence-electron chi connectivity index (χ1n) is 8.02. The first kappa shape index (κ1) is 16.2. The first-order valence-corrected chi connectivity index (χ1v) is 8.90. The van der Waals surface area contributed by atoms with Gasteiger partial charge in [-0.25, -0.2) is 9.97 Å². The number of imidazole rings is 1. The summed E-state index contributed by atoms with van der Waals surface area (Å²) in [5, 5.41) is 5.66. The maximum absolute atomic E-state index is 12.5. The molecule has 0 saturated carbocycles. The second-order valence-electron chi connectivity index (χ2n) is 5.57. The minimum atomic E-state index is -0.115. The van der Waals surface area contributed by atoms with E-state index in [1.165, 1.54) is 11.3 Å². The van der Waals surface area contributed by atoms with Crippen LogP contribution in [0.15, 0.2) is 72.8 Å². The third-order valence-corrected chi connectivity index (χ3v) is 4.65. The number of nitrogens with one attached hydrogen (secondary N) is 1. The fourth-order valence-corrected chi connectivity index (χ4v) is 3.36. The lowest BCUT2D eigenvalue weighted by atomic mass is 10.2. The lowest BCUT2D eigenvalue weighted by molar-refractivity contribution is -0.115. The molecule has 0 aliphatic rings. The van der Waals surface area contributed by atoms with Crippen LogP contribution >= 0.6 is 11.3 Å². The molecule has 0 bridgehead atoms. The van der Waals surface area contributed by atoms with Crippen molar-refractivity contribution in [2.45, 2.75) is 6.42 Å². The molecule has 3 aromatic heterocycles. The maximum Gasteiger partial charge on any atom is 0.230 e. The van der Waals surface area contributed by atoms with E-state index in [9.17, 15) is 4.79 Å². The third-order valence-electron chi connectivity index (χ3n) is 3.74. The summed E-state index contributed by atoms with van der Waals surface area (Å²) < 4.78 is 1.86. The molecule has 128 valence electrons. The molecule has 1 amide bonds. The van der Waals surface area contributed by atoms with Gasteiger partial charge in [-0.15, -0.1) is 11.3 Å². The maximum atomic E-state index is 12.5. The van der Waals surface area contributed by atoms with Crippen molar-refractivity contribution in [1.82, 2.24) is 19.5 Å². The quantitative estimate of drug-likeness (QED) is 0.590. The van der Waals surface area contributed by atoms with Gasteiger partial charge in [0, 0.05) is 24.0 Å². The summed E-state index contributed by atoms with van der Waals surface area (Å²) in [4.78, 5) is 25.3. The predicted octanol–water partition coefficient (Wildman–Crippen LogP) is 3.57. The number of hydrogen-bond donors (Lipinski definition) is 1. The molecule has 0 fully saturated rings. The standard InChI is InChI=1S/C19H15N5OS/c25-18(11-14-12-26-19(22-14)16-6-3-4-8-21-16)23-15-5-1-2-7-17(15)24-10-9-20-13-24/h1-10,12-13H,11H2,(H,23,25). The van der Waals surface area contributed by atoms with Gasteiger partial charge in [0.05, 0.1) is 35.5 Å². The van der Waals surface area contributed by atoms with Crippen molar-refractivity contribution in [3.05, 3.63) is 78.5 Å². The molecule has 3 heterocycles. The second kappa shape index (κ2) is 7.28. The van der Waals surface area contributed by atoms with Gasteiger partial charge in [0.1, 0.15) is 5.01 Å². The Bertz CT molecular complexity index is 1010. The number of anilines is 1. The summed E-state index contributed by atoms with van der Waals surface area (Å²) >= 11 is 1.49. The number of thiazole rings is 1. The van der Waals surface area contributed by atoms with E-state index in [2.05, 4.69) is 20.3 Å². The van der Waals surface area contributed by atoms with Gasteiger partial charge in [-0.1, -0.05) is 18.2 Å². The Morgan fingerprint density at radius 3 is 2.81 bits per heavy atom. The highest BCUT2D eigenvalue weighted by molar-refractivity contribution is 7.13. The van der Waals surface area contributed by atoms with Crippen molar-refractivity contribution >= 4 is 22.9 Å². The van der Waals surface area contributed by atoms with Crippen LogP contribution in [0.25, 0.3) is 16.4 Å². The number of amides is 1. The normalized spacial score (nSPS) is 10.6. The van der Waals surface area contributed by atoms with Crippen LogP contribution in [0, 0.1) is 0 Å². The number of hydrogen-bond acceptors (Lipinski definition) is 5. The molecule has 4 rings (SSSR count). The van der Waals surface area contributed by atoms with E-state index in [-0.39, 0.29) is 12.3 Å². The smallest absolute Gasteiger partial charge is 0.230 e. The fraction of sp³-hybridized carbons (Fsp3) is 0.0526. The Hall–Kier alpha value is -3.32. The number of para-hydroxylation sites is 2. The number of aromatic nitrogens is 4. The van der Waals surface area contributed by atoms with Gasteiger partial charge in [0.25, 0.3) is 0 Å². The largest absolute Gasteiger partial charge is 0.324 e. The van der Waals surface area contributed by atoms with E-state index >= 15 is 0 Å². The van der Waals surface area contributed by atoms with Crippen LogP contribution in [-0.4, -0.2) is 25.4 Å². The topological polar surface area (TPSA) is 72.7 Å². The minimum Gasteiger partial charge on any atom is -0.324 e. The van der Waals surface area contributed by atoms with Gasteiger partial charge in [-0.05, 0) is 24.3 Å². The number of rotatable bonds is 5. The Labute approximate surface area is 154 Å². The van der Waals surface area contributed by atoms with Crippen molar-refractivity contribution in [3.8, 4) is 16.4 Å². The number of benzene rings is 1. The van der Waals surface area contributed by atoms with Gasteiger partial charge >= 0.3 is 0 Å². The molecule has 4 aromatic rings. The average molecular weight is 361 g/mol. The summed E-state index contributed by atoms with van der Waals surface area (Å²) in [6.45, 7) is 0. The lowest BCUT2D eigenvalue weighted by Crippen LogP contribution is -2.16. The Morgan fingerprint density at radius 1 is 1.12 bits per heavy atom. The minimum absolute atomic E-state index is 0.115. The van der Waals surface area contributed by atoms with Gasteiger partial charge in [-0.3, -0.25) is 9.78 Å². The van der Waals surface area contributed by atoms with E-state index in [1.807, 2.05) is 58.6 Å². The number of carbonyl (C=O) groups is 1. The van der Waals surface area contributed by atoms with Crippen LogP contribution in [0.4, 0.5) is 5.69 Å². The Morgan fingerprint density at radius 2 is 2.00 bits per heavy atom. The molecule has 0 atom stereocenters. The molecule has 0 aliphatic heterocycles. The van der Waals surface area contributed by atoms with Gasteiger partial charge < -0.3 is 9.88 Å². The number of pyridine rings is 1.